The Morgan fingerprint density at radius 1 is 1.00 bits per heavy atom. The summed E-state index contributed by atoms with van der Waals surface area (Å²) in [4.78, 5) is 0.398. The third-order valence-electron chi connectivity index (χ3n) is 4.77. The molecule has 0 aliphatic carbocycles. The molecule has 2 aliphatic heterocycles. The fraction of sp³-hybridized carbons (Fsp3) is 0.375. The van der Waals surface area contributed by atoms with E-state index in [0.29, 0.717) is 29.8 Å². The van der Waals surface area contributed by atoms with Crippen molar-refractivity contribution in [1.82, 2.24) is 9.62 Å². The Kier molecular flexibility index (Phi) is 4.73. The number of sulfonamides is 1. The van der Waals surface area contributed by atoms with Crippen molar-refractivity contribution in [3.05, 3.63) is 40.9 Å². The number of nitrogens with one attached hydrogen (secondary N) is 1. The molecule has 0 unspecified atom stereocenters. The van der Waals surface area contributed by atoms with Crippen LogP contribution in [0, 0.1) is 11.8 Å². The van der Waals surface area contributed by atoms with Crippen LogP contribution in [-0.4, -0.2) is 38.9 Å². The van der Waals surface area contributed by atoms with Gasteiger partial charge in [-0.15, -0.1) is 12.4 Å². The maximum absolute atomic E-state index is 12.9. The van der Waals surface area contributed by atoms with E-state index in [1.165, 1.54) is 0 Å². The lowest BCUT2D eigenvalue weighted by molar-refractivity contribution is 0.448. The van der Waals surface area contributed by atoms with Crippen molar-refractivity contribution in [1.29, 1.82) is 0 Å². The highest BCUT2D eigenvalue weighted by molar-refractivity contribution is 9.10. The van der Waals surface area contributed by atoms with E-state index in [2.05, 4.69) is 21.2 Å². The van der Waals surface area contributed by atoms with E-state index in [9.17, 15) is 8.42 Å². The molecule has 2 aliphatic rings. The van der Waals surface area contributed by atoms with Crippen LogP contribution in [0.3, 0.4) is 0 Å². The van der Waals surface area contributed by atoms with E-state index in [4.69, 9.17) is 0 Å². The molecule has 0 aromatic heterocycles. The summed E-state index contributed by atoms with van der Waals surface area (Å²) in [6.45, 7) is 3.14. The Hall–Kier alpha value is -0.660. The maximum atomic E-state index is 12.9. The molecule has 2 heterocycles. The molecule has 23 heavy (non-hydrogen) atoms. The van der Waals surface area contributed by atoms with Crippen molar-refractivity contribution in [2.45, 2.75) is 4.90 Å². The van der Waals surface area contributed by atoms with Gasteiger partial charge in [-0.25, -0.2) is 8.42 Å². The van der Waals surface area contributed by atoms with Crippen LogP contribution < -0.4 is 5.32 Å². The zero-order chi connectivity index (χ0) is 15.3. The van der Waals surface area contributed by atoms with Gasteiger partial charge in [0.15, 0.2) is 0 Å². The molecule has 2 aromatic carbocycles. The Labute approximate surface area is 150 Å². The molecule has 4 nitrogen and oxygen atoms in total. The number of hydrogen-bond donors (Lipinski definition) is 1. The van der Waals surface area contributed by atoms with E-state index in [1.54, 1.807) is 16.4 Å². The third kappa shape index (κ3) is 3.03. The summed E-state index contributed by atoms with van der Waals surface area (Å²) in [6.07, 6.45) is 0. The van der Waals surface area contributed by atoms with Gasteiger partial charge < -0.3 is 5.32 Å². The highest BCUT2D eigenvalue weighted by Gasteiger charge is 2.41. The standard InChI is InChI=1S/C16H17BrN2O2S.ClH/c17-15-3-1-12-6-16(4-2-11(12)5-15)22(20,21)19-9-13-7-18-8-14(13)10-19;/h1-6,13-14,18H,7-10H2;1H/t13-,14+;. The first-order chi connectivity index (χ1) is 10.5. The van der Waals surface area contributed by atoms with E-state index in [1.807, 2.05) is 24.3 Å². The Balaban J connectivity index is 0.00000156. The summed E-state index contributed by atoms with van der Waals surface area (Å²) in [7, 11) is -3.39. The van der Waals surface area contributed by atoms with Crippen LogP contribution in [-0.2, 0) is 10.0 Å². The van der Waals surface area contributed by atoms with Gasteiger partial charge in [-0.3, -0.25) is 0 Å². The van der Waals surface area contributed by atoms with Gasteiger partial charge in [-0.05, 0) is 60.0 Å². The molecule has 0 spiro atoms. The smallest absolute Gasteiger partial charge is 0.243 e. The molecule has 2 atom stereocenters. The van der Waals surface area contributed by atoms with Gasteiger partial charge in [0.05, 0.1) is 4.90 Å². The van der Waals surface area contributed by atoms with Crippen LogP contribution >= 0.6 is 28.3 Å². The molecule has 1 N–H and O–H groups in total. The molecule has 0 saturated carbocycles. The fourth-order valence-electron chi connectivity index (χ4n) is 3.51. The quantitative estimate of drug-likeness (QED) is 0.817. The largest absolute Gasteiger partial charge is 0.316 e. The summed E-state index contributed by atoms with van der Waals surface area (Å²) in [5, 5.41) is 5.33. The first kappa shape index (κ1) is 17.2. The van der Waals surface area contributed by atoms with Crippen molar-refractivity contribution in [2.24, 2.45) is 11.8 Å². The summed E-state index contributed by atoms with van der Waals surface area (Å²) >= 11 is 3.44. The zero-order valence-corrected chi connectivity index (χ0v) is 15.6. The van der Waals surface area contributed by atoms with Gasteiger partial charge in [-0.1, -0.05) is 28.1 Å². The van der Waals surface area contributed by atoms with Crippen molar-refractivity contribution in [3.63, 3.8) is 0 Å². The minimum Gasteiger partial charge on any atom is -0.316 e. The predicted molar refractivity (Wildman–Crippen MR) is 97.5 cm³/mol. The lowest BCUT2D eigenvalue weighted by Crippen LogP contribution is -2.31. The fourth-order valence-corrected chi connectivity index (χ4v) is 5.48. The lowest BCUT2D eigenvalue weighted by atomic mass is 10.0. The van der Waals surface area contributed by atoms with Crippen molar-refractivity contribution < 1.29 is 8.42 Å². The van der Waals surface area contributed by atoms with Gasteiger partial charge in [0.2, 0.25) is 10.0 Å². The van der Waals surface area contributed by atoms with Gasteiger partial charge in [-0.2, -0.15) is 4.31 Å². The van der Waals surface area contributed by atoms with Crippen LogP contribution in [0.2, 0.25) is 0 Å². The molecule has 0 amide bonds. The topological polar surface area (TPSA) is 49.4 Å². The molecular formula is C16H18BrClN2O2S. The average Bonchev–Trinajstić information content (AvgIpc) is 3.08. The van der Waals surface area contributed by atoms with Crippen LogP contribution in [0.25, 0.3) is 10.8 Å². The van der Waals surface area contributed by atoms with Gasteiger partial charge in [0.25, 0.3) is 0 Å². The number of rotatable bonds is 2. The molecule has 2 fully saturated rings. The van der Waals surface area contributed by atoms with E-state index in [-0.39, 0.29) is 12.4 Å². The molecule has 7 heteroatoms. The van der Waals surface area contributed by atoms with Crippen LogP contribution in [0.15, 0.2) is 45.8 Å². The lowest BCUT2D eigenvalue weighted by Gasteiger charge is -2.17. The van der Waals surface area contributed by atoms with Crippen molar-refractivity contribution in [3.8, 4) is 0 Å². The monoisotopic (exact) mass is 416 g/mol. The minimum absolute atomic E-state index is 0. The highest BCUT2D eigenvalue weighted by atomic mass is 79.9. The van der Waals surface area contributed by atoms with E-state index in [0.717, 1.165) is 28.3 Å². The molecule has 2 aromatic rings. The number of benzene rings is 2. The summed E-state index contributed by atoms with van der Waals surface area (Å²) in [6, 6.07) is 11.3. The maximum Gasteiger partial charge on any atom is 0.243 e. The molecule has 2 saturated heterocycles. The van der Waals surface area contributed by atoms with Gasteiger partial charge in [0, 0.05) is 17.6 Å². The van der Waals surface area contributed by atoms with E-state index < -0.39 is 10.0 Å². The number of halogens is 2. The van der Waals surface area contributed by atoms with Crippen LogP contribution in [0.4, 0.5) is 0 Å². The summed E-state index contributed by atoms with van der Waals surface area (Å²) < 4.78 is 28.4. The highest BCUT2D eigenvalue weighted by Crippen LogP contribution is 2.32. The molecule has 0 radical (unpaired) electrons. The average molecular weight is 418 g/mol. The second-order valence-corrected chi connectivity index (χ2v) is 9.01. The number of hydrogen-bond acceptors (Lipinski definition) is 3. The SMILES string of the molecule is Cl.O=S(=O)(c1ccc2cc(Br)ccc2c1)N1C[C@H]2CNC[C@H]2C1. The first-order valence-electron chi connectivity index (χ1n) is 7.44. The molecular weight excluding hydrogens is 400 g/mol. The second-order valence-electron chi connectivity index (χ2n) is 6.15. The molecule has 124 valence electrons. The molecule has 4 rings (SSSR count). The van der Waals surface area contributed by atoms with Crippen molar-refractivity contribution in [2.75, 3.05) is 26.2 Å². The number of fused-ring (bicyclic) bond motifs is 2. The van der Waals surface area contributed by atoms with Gasteiger partial charge >= 0.3 is 0 Å². The Bertz CT molecular complexity index is 831. The van der Waals surface area contributed by atoms with Gasteiger partial charge in [0.1, 0.15) is 0 Å². The van der Waals surface area contributed by atoms with Crippen LogP contribution in [0.5, 0.6) is 0 Å². The second kappa shape index (κ2) is 6.33. The van der Waals surface area contributed by atoms with Crippen molar-refractivity contribution >= 4 is 49.1 Å². The molecule has 0 bridgehead atoms. The van der Waals surface area contributed by atoms with E-state index >= 15 is 0 Å². The summed E-state index contributed by atoms with van der Waals surface area (Å²) in [5.41, 5.74) is 0. The Morgan fingerprint density at radius 2 is 1.61 bits per heavy atom. The first-order valence-corrected chi connectivity index (χ1v) is 9.67. The summed E-state index contributed by atoms with van der Waals surface area (Å²) in [5.74, 6) is 0.928. The third-order valence-corrected chi connectivity index (χ3v) is 7.09. The minimum atomic E-state index is -3.39. The van der Waals surface area contributed by atoms with Crippen LogP contribution in [0.1, 0.15) is 0 Å². The predicted octanol–water partition coefficient (Wildman–Crippen LogP) is 2.86. The normalized spacial score (nSPS) is 24.6. The Morgan fingerprint density at radius 3 is 2.30 bits per heavy atom. The zero-order valence-electron chi connectivity index (χ0n) is 12.4. The number of nitrogens with zero attached hydrogens (tertiary/aromatic N) is 1.